The van der Waals surface area contributed by atoms with Gasteiger partial charge >= 0.3 is 5.97 Å². The number of hydrogen-bond acceptors (Lipinski definition) is 4. The molecule has 0 aliphatic heterocycles. The molecule has 2 aliphatic carbocycles. The average molecular weight is 386 g/mol. The first-order chi connectivity index (χ1) is 13.4. The maximum absolute atomic E-state index is 11.1. The third kappa shape index (κ3) is 5.24. The molecule has 1 aromatic rings. The second-order valence-corrected chi connectivity index (χ2v) is 8.00. The van der Waals surface area contributed by atoms with Crippen LogP contribution in [0.1, 0.15) is 37.7 Å². The fourth-order valence-corrected chi connectivity index (χ4v) is 4.13. The summed E-state index contributed by atoms with van der Waals surface area (Å²) in [4.78, 5) is 11.1. The largest absolute Gasteiger partial charge is 0.491 e. The van der Waals surface area contributed by atoms with Gasteiger partial charge in [0.25, 0.3) is 0 Å². The first kappa shape index (κ1) is 20.6. The zero-order chi connectivity index (χ0) is 20.1. The standard InChI is InChI=1S/C23H30O5/c1-15-3-2-4-19(13-15)28-14-18(24)9-5-16-8-12-22(25)20(16)10-6-17-7-11-21(17)23(26)27/h2-6,9,13,16,18,20-22,24-25H,7-8,10-12,14H2,1H3,(H,26,27)/b9-5+,17-6-/t16?,18-,20-,21?,22+/m1/s1. The summed E-state index contributed by atoms with van der Waals surface area (Å²) in [5.74, 6) is -0.0972. The van der Waals surface area contributed by atoms with Crippen LogP contribution in [0.2, 0.25) is 0 Å². The number of aryl methyl sites for hydroxylation is 1. The smallest absolute Gasteiger partial charge is 0.310 e. The van der Waals surface area contributed by atoms with Gasteiger partial charge in [0.2, 0.25) is 0 Å². The molecule has 1 aromatic carbocycles. The minimum absolute atomic E-state index is 0.0729. The highest BCUT2D eigenvalue weighted by Crippen LogP contribution is 2.39. The summed E-state index contributed by atoms with van der Waals surface area (Å²) in [6, 6.07) is 7.71. The van der Waals surface area contributed by atoms with Gasteiger partial charge in [-0.15, -0.1) is 0 Å². The van der Waals surface area contributed by atoms with Crippen LogP contribution in [0, 0.1) is 24.7 Å². The fraction of sp³-hybridized carbons (Fsp3) is 0.522. The Labute approximate surface area is 166 Å². The molecule has 2 unspecified atom stereocenters. The van der Waals surface area contributed by atoms with Gasteiger partial charge in [-0.1, -0.05) is 35.9 Å². The molecule has 28 heavy (non-hydrogen) atoms. The maximum Gasteiger partial charge on any atom is 0.310 e. The summed E-state index contributed by atoms with van der Waals surface area (Å²) in [6.07, 6.45) is 8.52. The summed E-state index contributed by atoms with van der Waals surface area (Å²) in [5.41, 5.74) is 2.09. The van der Waals surface area contributed by atoms with Gasteiger partial charge in [-0.2, -0.15) is 0 Å². The van der Waals surface area contributed by atoms with Crippen LogP contribution < -0.4 is 4.74 Å². The Hall–Kier alpha value is -2.11. The van der Waals surface area contributed by atoms with Crippen LogP contribution in [-0.4, -0.2) is 40.1 Å². The monoisotopic (exact) mass is 386 g/mol. The number of carboxylic acids is 1. The Balaban J connectivity index is 1.51. The van der Waals surface area contributed by atoms with E-state index in [0.29, 0.717) is 12.8 Å². The summed E-state index contributed by atoms with van der Waals surface area (Å²) < 4.78 is 5.63. The highest BCUT2D eigenvalue weighted by atomic mass is 16.5. The molecule has 0 radical (unpaired) electrons. The molecular weight excluding hydrogens is 356 g/mol. The van der Waals surface area contributed by atoms with Crippen molar-refractivity contribution in [3.8, 4) is 5.75 Å². The molecule has 0 saturated heterocycles. The van der Waals surface area contributed by atoms with Gasteiger partial charge in [-0.05, 0) is 68.6 Å². The molecule has 5 heteroatoms. The lowest BCUT2D eigenvalue weighted by atomic mass is 9.77. The molecule has 0 amide bonds. The predicted molar refractivity (Wildman–Crippen MR) is 107 cm³/mol. The minimum Gasteiger partial charge on any atom is -0.491 e. The number of aliphatic hydroxyl groups excluding tert-OH is 2. The van der Waals surface area contributed by atoms with Crippen LogP contribution >= 0.6 is 0 Å². The zero-order valence-corrected chi connectivity index (χ0v) is 16.3. The third-order valence-corrected chi connectivity index (χ3v) is 5.95. The molecule has 2 fully saturated rings. The van der Waals surface area contributed by atoms with E-state index in [-0.39, 0.29) is 30.5 Å². The Bertz CT molecular complexity index is 738. The van der Waals surface area contributed by atoms with Gasteiger partial charge in [0.05, 0.1) is 12.0 Å². The quantitative estimate of drug-likeness (QED) is 0.596. The lowest BCUT2D eigenvalue weighted by Gasteiger charge is -2.27. The number of allylic oxidation sites excluding steroid dienone is 2. The zero-order valence-electron chi connectivity index (χ0n) is 16.3. The number of ether oxygens (including phenoxy) is 1. The molecule has 2 aliphatic rings. The van der Waals surface area contributed by atoms with Crippen LogP contribution in [-0.2, 0) is 4.79 Å². The Morgan fingerprint density at radius 1 is 1.32 bits per heavy atom. The van der Waals surface area contributed by atoms with E-state index in [4.69, 9.17) is 9.84 Å². The molecule has 0 heterocycles. The Morgan fingerprint density at radius 3 is 2.82 bits per heavy atom. The van der Waals surface area contributed by atoms with Crippen molar-refractivity contribution in [3.63, 3.8) is 0 Å². The lowest BCUT2D eigenvalue weighted by molar-refractivity contribution is -0.141. The third-order valence-electron chi connectivity index (χ3n) is 5.95. The number of hydrogen-bond donors (Lipinski definition) is 3. The van der Waals surface area contributed by atoms with Gasteiger partial charge in [-0.25, -0.2) is 0 Å². The van der Waals surface area contributed by atoms with Gasteiger partial charge in [-0.3, -0.25) is 4.79 Å². The van der Waals surface area contributed by atoms with Crippen molar-refractivity contribution < 1.29 is 24.9 Å². The number of rotatable bonds is 8. The molecule has 3 rings (SSSR count). The van der Waals surface area contributed by atoms with Crippen molar-refractivity contribution in [2.24, 2.45) is 17.8 Å². The molecule has 3 N–H and O–H groups in total. The summed E-state index contributed by atoms with van der Waals surface area (Å²) in [5, 5.41) is 29.7. The van der Waals surface area contributed by atoms with E-state index in [1.54, 1.807) is 6.08 Å². The minimum atomic E-state index is -0.752. The van der Waals surface area contributed by atoms with E-state index in [1.165, 1.54) is 0 Å². The summed E-state index contributed by atoms with van der Waals surface area (Å²) >= 11 is 0. The van der Waals surface area contributed by atoms with E-state index in [1.807, 2.05) is 43.3 Å². The number of carbonyl (C=O) groups is 1. The van der Waals surface area contributed by atoms with Crippen LogP contribution in [0.5, 0.6) is 5.75 Å². The van der Waals surface area contributed by atoms with Crippen molar-refractivity contribution in [1.82, 2.24) is 0 Å². The first-order valence-corrected chi connectivity index (χ1v) is 10.1. The highest BCUT2D eigenvalue weighted by molar-refractivity contribution is 5.75. The molecule has 0 aromatic heterocycles. The topological polar surface area (TPSA) is 87.0 Å². The molecule has 5 atom stereocenters. The van der Waals surface area contributed by atoms with Crippen LogP contribution in [0.15, 0.2) is 48.1 Å². The lowest BCUT2D eigenvalue weighted by Crippen LogP contribution is -2.25. The Kier molecular flexibility index (Phi) is 6.92. The van der Waals surface area contributed by atoms with E-state index >= 15 is 0 Å². The maximum atomic E-state index is 11.1. The Morgan fingerprint density at radius 2 is 2.14 bits per heavy atom. The fourth-order valence-electron chi connectivity index (χ4n) is 4.13. The number of carboxylic acid groups (broad SMARTS) is 1. The van der Waals surface area contributed by atoms with Crippen molar-refractivity contribution in [3.05, 3.63) is 53.6 Å². The normalized spacial score (nSPS) is 29.8. The number of aliphatic hydroxyl groups is 2. The van der Waals surface area contributed by atoms with E-state index in [9.17, 15) is 15.0 Å². The van der Waals surface area contributed by atoms with E-state index in [0.717, 1.165) is 36.1 Å². The summed E-state index contributed by atoms with van der Waals surface area (Å²) in [6.45, 7) is 2.18. The molecule has 0 spiro atoms. The van der Waals surface area contributed by atoms with Crippen LogP contribution in [0.3, 0.4) is 0 Å². The van der Waals surface area contributed by atoms with E-state index < -0.39 is 12.1 Å². The van der Waals surface area contributed by atoms with Crippen LogP contribution in [0.4, 0.5) is 0 Å². The highest BCUT2D eigenvalue weighted by Gasteiger charge is 2.34. The van der Waals surface area contributed by atoms with Gasteiger partial charge in [0, 0.05) is 0 Å². The first-order valence-electron chi connectivity index (χ1n) is 10.1. The second kappa shape index (κ2) is 9.39. The van der Waals surface area contributed by atoms with Crippen molar-refractivity contribution >= 4 is 5.97 Å². The molecule has 5 nitrogen and oxygen atoms in total. The van der Waals surface area contributed by atoms with Gasteiger partial charge in [0.15, 0.2) is 0 Å². The van der Waals surface area contributed by atoms with Gasteiger partial charge < -0.3 is 20.1 Å². The average Bonchev–Trinajstić information content (AvgIpc) is 2.97. The van der Waals surface area contributed by atoms with Crippen molar-refractivity contribution in [2.75, 3.05) is 6.61 Å². The molecule has 152 valence electrons. The molecular formula is C23H30O5. The molecule has 0 bridgehead atoms. The SMILES string of the molecule is Cc1cccc(OC[C@H](O)/C=C/C2CC[C@H](O)[C@@H]2C/C=C2/CCC2C(=O)O)c1. The van der Waals surface area contributed by atoms with Crippen LogP contribution in [0.25, 0.3) is 0 Å². The number of aliphatic carboxylic acids is 1. The summed E-state index contributed by atoms with van der Waals surface area (Å²) in [7, 11) is 0. The van der Waals surface area contributed by atoms with Gasteiger partial charge in [0.1, 0.15) is 18.5 Å². The number of benzene rings is 1. The molecule has 2 saturated carbocycles. The van der Waals surface area contributed by atoms with Crippen molar-refractivity contribution in [2.45, 2.75) is 51.2 Å². The second-order valence-electron chi connectivity index (χ2n) is 8.00. The van der Waals surface area contributed by atoms with E-state index in [2.05, 4.69) is 0 Å². The van der Waals surface area contributed by atoms with Crippen molar-refractivity contribution in [1.29, 1.82) is 0 Å². The predicted octanol–water partition coefficient (Wildman–Crippen LogP) is 3.49.